The van der Waals surface area contributed by atoms with Crippen molar-refractivity contribution in [2.45, 2.75) is 27.3 Å². The van der Waals surface area contributed by atoms with Crippen LogP contribution in [0.1, 0.15) is 24.3 Å². The number of carbonyl (C=O) groups is 1. The second-order valence-electron chi connectivity index (χ2n) is 3.95. The second-order valence-corrected chi connectivity index (χ2v) is 4.95. The molecule has 0 aromatic carbocycles. The van der Waals surface area contributed by atoms with Crippen molar-refractivity contribution in [1.82, 2.24) is 5.32 Å². The highest BCUT2D eigenvalue weighted by molar-refractivity contribution is 7.10. The summed E-state index contributed by atoms with van der Waals surface area (Å²) in [6.45, 7) is 5.74. The number of nitrogens with one attached hydrogen (secondary N) is 1. The van der Waals surface area contributed by atoms with Crippen LogP contribution in [0.25, 0.3) is 0 Å². The minimum Gasteiger partial charge on any atom is -0.350 e. The van der Waals surface area contributed by atoms with Crippen molar-refractivity contribution >= 4 is 17.2 Å². The summed E-state index contributed by atoms with van der Waals surface area (Å²) in [5.41, 5.74) is 0.223. The van der Waals surface area contributed by atoms with Gasteiger partial charge in [-0.15, -0.1) is 11.3 Å². The van der Waals surface area contributed by atoms with Crippen LogP contribution in [0.2, 0.25) is 0 Å². The molecule has 4 heteroatoms. The Balaban J connectivity index is 2.56. The predicted molar refractivity (Wildman–Crippen MR) is 60.3 cm³/mol. The number of aryl methyl sites for hydroxylation is 1. The third-order valence-corrected chi connectivity index (χ3v) is 3.25. The van der Waals surface area contributed by atoms with Crippen LogP contribution in [0.15, 0.2) is 11.4 Å². The van der Waals surface area contributed by atoms with Crippen LogP contribution in [0.3, 0.4) is 0 Å². The SMILES string of the molecule is Cc1ccsc1CNC(=O)C(C)(C)C#N. The van der Waals surface area contributed by atoms with E-state index >= 15 is 0 Å². The molecule has 0 aliphatic rings. The van der Waals surface area contributed by atoms with Gasteiger partial charge < -0.3 is 5.32 Å². The van der Waals surface area contributed by atoms with E-state index in [1.54, 1.807) is 25.2 Å². The molecule has 80 valence electrons. The lowest BCUT2D eigenvalue weighted by molar-refractivity contribution is -0.126. The van der Waals surface area contributed by atoms with E-state index in [0.29, 0.717) is 6.54 Å². The van der Waals surface area contributed by atoms with Crippen LogP contribution in [-0.4, -0.2) is 5.91 Å². The van der Waals surface area contributed by atoms with Gasteiger partial charge in [-0.2, -0.15) is 5.26 Å². The van der Waals surface area contributed by atoms with Gasteiger partial charge in [0.1, 0.15) is 5.41 Å². The lowest BCUT2D eigenvalue weighted by atomic mass is 9.95. The van der Waals surface area contributed by atoms with E-state index in [-0.39, 0.29) is 5.91 Å². The van der Waals surface area contributed by atoms with Gasteiger partial charge in [-0.3, -0.25) is 4.79 Å². The molecule has 0 atom stereocenters. The highest BCUT2D eigenvalue weighted by Crippen LogP contribution is 2.17. The first-order valence-corrected chi connectivity index (χ1v) is 5.58. The number of amides is 1. The molecule has 1 heterocycles. The minimum absolute atomic E-state index is 0.224. The number of rotatable bonds is 3. The van der Waals surface area contributed by atoms with E-state index in [9.17, 15) is 4.79 Å². The number of nitriles is 1. The van der Waals surface area contributed by atoms with Crippen LogP contribution in [0, 0.1) is 23.7 Å². The lowest BCUT2D eigenvalue weighted by Gasteiger charge is -2.14. The van der Waals surface area contributed by atoms with Crippen LogP contribution in [-0.2, 0) is 11.3 Å². The average Bonchev–Trinajstić information content (AvgIpc) is 2.60. The predicted octanol–water partition coefficient (Wildman–Crippen LogP) is 2.22. The Morgan fingerprint density at radius 3 is 2.80 bits per heavy atom. The maximum absolute atomic E-state index is 11.6. The van der Waals surface area contributed by atoms with Crippen molar-refractivity contribution in [3.63, 3.8) is 0 Å². The molecule has 0 aliphatic carbocycles. The Bertz CT molecular complexity index is 401. The highest BCUT2D eigenvalue weighted by atomic mass is 32.1. The summed E-state index contributed by atoms with van der Waals surface area (Å²) < 4.78 is 0. The van der Waals surface area contributed by atoms with Gasteiger partial charge in [0.05, 0.1) is 12.6 Å². The fourth-order valence-electron chi connectivity index (χ4n) is 1.02. The Hall–Kier alpha value is -1.34. The van der Waals surface area contributed by atoms with Crippen LogP contribution in [0.4, 0.5) is 0 Å². The quantitative estimate of drug-likeness (QED) is 0.852. The van der Waals surface area contributed by atoms with Crippen molar-refractivity contribution in [3.05, 3.63) is 21.9 Å². The van der Waals surface area contributed by atoms with Gasteiger partial charge in [-0.25, -0.2) is 0 Å². The lowest BCUT2D eigenvalue weighted by Crippen LogP contribution is -2.35. The summed E-state index contributed by atoms with van der Waals surface area (Å²) in [5, 5.41) is 13.5. The molecule has 1 aromatic rings. The standard InChI is InChI=1S/C11H14N2OS/c1-8-4-5-15-9(8)6-13-10(14)11(2,3)7-12/h4-5H,6H2,1-3H3,(H,13,14). The Kier molecular flexibility index (Phi) is 3.48. The Morgan fingerprint density at radius 1 is 1.67 bits per heavy atom. The zero-order valence-corrected chi connectivity index (χ0v) is 9.94. The van der Waals surface area contributed by atoms with E-state index in [2.05, 4.69) is 5.32 Å². The van der Waals surface area contributed by atoms with Crippen molar-refractivity contribution in [2.75, 3.05) is 0 Å². The molecule has 0 aliphatic heterocycles. The summed E-state index contributed by atoms with van der Waals surface area (Å²) in [6, 6.07) is 3.99. The molecule has 1 N–H and O–H groups in total. The summed E-state index contributed by atoms with van der Waals surface area (Å²) in [5.74, 6) is -0.224. The number of nitrogens with zero attached hydrogens (tertiary/aromatic N) is 1. The molecule has 0 bridgehead atoms. The maximum Gasteiger partial charge on any atom is 0.240 e. The van der Waals surface area contributed by atoms with E-state index < -0.39 is 5.41 Å². The molecule has 0 unspecified atom stereocenters. The summed E-state index contributed by atoms with van der Waals surface area (Å²) in [4.78, 5) is 12.7. The van der Waals surface area contributed by atoms with Gasteiger partial charge in [0.2, 0.25) is 5.91 Å². The highest BCUT2D eigenvalue weighted by Gasteiger charge is 2.26. The largest absolute Gasteiger partial charge is 0.350 e. The van der Waals surface area contributed by atoms with Crippen molar-refractivity contribution in [2.24, 2.45) is 5.41 Å². The zero-order chi connectivity index (χ0) is 11.5. The van der Waals surface area contributed by atoms with Crippen molar-refractivity contribution in [3.8, 4) is 6.07 Å². The third-order valence-electron chi connectivity index (χ3n) is 2.22. The number of hydrogen-bond acceptors (Lipinski definition) is 3. The Labute approximate surface area is 93.7 Å². The molecular weight excluding hydrogens is 208 g/mol. The average molecular weight is 222 g/mol. The van der Waals surface area contributed by atoms with E-state index in [4.69, 9.17) is 5.26 Å². The maximum atomic E-state index is 11.6. The second kappa shape index (κ2) is 4.45. The molecular formula is C11H14N2OS. The van der Waals surface area contributed by atoms with Crippen LogP contribution < -0.4 is 5.32 Å². The molecule has 15 heavy (non-hydrogen) atoms. The smallest absolute Gasteiger partial charge is 0.240 e. The van der Waals surface area contributed by atoms with Crippen molar-refractivity contribution < 1.29 is 4.79 Å². The molecule has 0 saturated carbocycles. The normalized spacial score (nSPS) is 10.8. The van der Waals surface area contributed by atoms with Crippen LogP contribution in [0.5, 0.6) is 0 Å². The van der Waals surface area contributed by atoms with E-state index in [0.717, 1.165) is 4.88 Å². The molecule has 0 saturated heterocycles. The molecule has 1 aromatic heterocycles. The minimum atomic E-state index is -0.953. The monoisotopic (exact) mass is 222 g/mol. The van der Waals surface area contributed by atoms with Gasteiger partial charge in [-0.05, 0) is 37.8 Å². The Morgan fingerprint density at radius 2 is 2.33 bits per heavy atom. The van der Waals surface area contributed by atoms with Gasteiger partial charge in [0.25, 0.3) is 0 Å². The summed E-state index contributed by atoms with van der Waals surface area (Å²) >= 11 is 1.61. The molecule has 0 fully saturated rings. The van der Waals surface area contributed by atoms with Gasteiger partial charge in [0, 0.05) is 4.88 Å². The van der Waals surface area contributed by atoms with Gasteiger partial charge in [0.15, 0.2) is 0 Å². The van der Waals surface area contributed by atoms with Crippen molar-refractivity contribution in [1.29, 1.82) is 5.26 Å². The summed E-state index contributed by atoms with van der Waals surface area (Å²) in [6.07, 6.45) is 0. The zero-order valence-electron chi connectivity index (χ0n) is 9.13. The topological polar surface area (TPSA) is 52.9 Å². The molecule has 3 nitrogen and oxygen atoms in total. The third kappa shape index (κ3) is 2.80. The number of thiophene rings is 1. The number of hydrogen-bond donors (Lipinski definition) is 1. The first kappa shape index (κ1) is 11.7. The first-order chi connectivity index (χ1) is 6.97. The molecule has 1 rings (SSSR count). The van der Waals surface area contributed by atoms with Crippen LogP contribution >= 0.6 is 11.3 Å². The first-order valence-electron chi connectivity index (χ1n) is 4.70. The summed E-state index contributed by atoms with van der Waals surface area (Å²) in [7, 11) is 0. The number of carbonyl (C=O) groups excluding carboxylic acids is 1. The van der Waals surface area contributed by atoms with Gasteiger partial charge >= 0.3 is 0 Å². The molecule has 0 radical (unpaired) electrons. The fourth-order valence-corrected chi connectivity index (χ4v) is 1.86. The molecule has 1 amide bonds. The van der Waals surface area contributed by atoms with Gasteiger partial charge in [-0.1, -0.05) is 0 Å². The molecule has 0 spiro atoms. The van der Waals surface area contributed by atoms with E-state index in [1.807, 2.05) is 24.4 Å². The fraction of sp³-hybridized carbons (Fsp3) is 0.455. The van der Waals surface area contributed by atoms with E-state index in [1.165, 1.54) is 5.56 Å².